The van der Waals surface area contributed by atoms with Crippen molar-refractivity contribution in [2.24, 2.45) is 5.73 Å². The number of amides is 1. The molecule has 0 spiro atoms. The fraction of sp³-hybridized carbons (Fsp3) is 0.524. The standard InChI is InChI=1S/C21H25FN2O2/c1-21(22)10-8-14(9-11-21)24-18-7-6-13(19(23)25)12-17(18)15-4-2-3-5-16(15)20(24)26/h6-7,12,14H,2-5,8-11H2,1H3,(H2,23,25). The van der Waals surface area contributed by atoms with Crippen molar-refractivity contribution in [2.45, 2.75) is 70.0 Å². The minimum Gasteiger partial charge on any atom is -0.366 e. The van der Waals surface area contributed by atoms with Gasteiger partial charge >= 0.3 is 0 Å². The van der Waals surface area contributed by atoms with Crippen LogP contribution in [0.15, 0.2) is 23.0 Å². The quantitative estimate of drug-likeness (QED) is 0.889. The molecule has 1 saturated carbocycles. The summed E-state index contributed by atoms with van der Waals surface area (Å²) in [5.74, 6) is -0.458. The fourth-order valence-electron chi connectivity index (χ4n) is 4.66. The summed E-state index contributed by atoms with van der Waals surface area (Å²) in [4.78, 5) is 24.9. The van der Waals surface area contributed by atoms with Crippen molar-refractivity contribution in [2.75, 3.05) is 0 Å². The molecule has 0 atom stereocenters. The molecule has 4 rings (SSSR count). The van der Waals surface area contributed by atoms with Crippen molar-refractivity contribution in [3.8, 4) is 0 Å². The molecule has 5 heteroatoms. The molecule has 0 aliphatic heterocycles. The van der Waals surface area contributed by atoms with Gasteiger partial charge in [0.05, 0.1) is 5.52 Å². The molecular weight excluding hydrogens is 331 g/mol. The average Bonchev–Trinajstić information content (AvgIpc) is 2.63. The maximum Gasteiger partial charge on any atom is 0.254 e. The van der Waals surface area contributed by atoms with Crippen molar-refractivity contribution in [3.63, 3.8) is 0 Å². The van der Waals surface area contributed by atoms with Gasteiger partial charge in [-0.3, -0.25) is 9.59 Å². The Morgan fingerprint density at radius 3 is 2.50 bits per heavy atom. The zero-order valence-corrected chi connectivity index (χ0v) is 15.2. The number of benzene rings is 1. The molecule has 2 aromatic rings. The lowest BCUT2D eigenvalue weighted by Crippen LogP contribution is -2.35. The molecule has 4 nitrogen and oxygen atoms in total. The second-order valence-corrected chi connectivity index (χ2v) is 8.08. The molecule has 1 amide bonds. The number of aromatic nitrogens is 1. The van der Waals surface area contributed by atoms with Gasteiger partial charge in [0.15, 0.2) is 0 Å². The van der Waals surface area contributed by atoms with E-state index in [1.54, 1.807) is 13.0 Å². The predicted octanol–water partition coefficient (Wildman–Crippen LogP) is 3.82. The van der Waals surface area contributed by atoms with Gasteiger partial charge < -0.3 is 10.3 Å². The van der Waals surface area contributed by atoms with Crippen LogP contribution in [0.25, 0.3) is 10.9 Å². The second-order valence-electron chi connectivity index (χ2n) is 8.08. The summed E-state index contributed by atoms with van der Waals surface area (Å²) < 4.78 is 16.1. The van der Waals surface area contributed by atoms with Crippen molar-refractivity contribution in [3.05, 3.63) is 45.2 Å². The Labute approximate surface area is 152 Å². The van der Waals surface area contributed by atoms with E-state index in [1.165, 1.54) is 0 Å². The minimum absolute atomic E-state index is 0.0143. The average molecular weight is 356 g/mol. The summed E-state index contributed by atoms with van der Waals surface area (Å²) in [6, 6.07) is 5.38. The van der Waals surface area contributed by atoms with Gasteiger partial charge in [-0.1, -0.05) is 0 Å². The molecule has 1 heterocycles. The molecule has 1 aromatic carbocycles. The van der Waals surface area contributed by atoms with E-state index in [-0.39, 0.29) is 11.6 Å². The number of alkyl halides is 1. The van der Waals surface area contributed by atoms with Gasteiger partial charge in [0.1, 0.15) is 5.67 Å². The van der Waals surface area contributed by atoms with Crippen molar-refractivity contribution in [1.29, 1.82) is 0 Å². The first-order valence-electron chi connectivity index (χ1n) is 9.56. The van der Waals surface area contributed by atoms with E-state index in [0.717, 1.165) is 47.7 Å². The molecule has 1 fully saturated rings. The molecular formula is C21H25FN2O2. The Balaban J connectivity index is 1.93. The third-order valence-electron chi connectivity index (χ3n) is 6.17. The van der Waals surface area contributed by atoms with E-state index < -0.39 is 11.6 Å². The molecule has 0 bridgehead atoms. The van der Waals surface area contributed by atoms with Crippen LogP contribution >= 0.6 is 0 Å². The highest BCUT2D eigenvalue weighted by Gasteiger charge is 2.33. The van der Waals surface area contributed by atoms with Crippen LogP contribution in [0.2, 0.25) is 0 Å². The third kappa shape index (κ3) is 2.83. The zero-order valence-electron chi connectivity index (χ0n) is 15.2. The number of rotatable bonds is 2. The molecule has 26 heavy (non-hydrogen) atoms. The molecule has 2 aliphatic carbocycles. The maximum absolute atomic E-state index is 14.3. The number of hydrogen-bond donors (Lipinski definition) is 1. The van der Waals surface area contributed by atoms with Gasteiger partial charge in [-0.05, 0) is 82.1 Å². The fourth-order valence-corrected chi connectivity index (χ4v) is 4.66. The Morgan fingerprint density at radius 2 is 1.85 bits per heavy atom. The van der Waals surface area contributed by atoms with E-state index in [9.17, 15) is 14.0 Å². The third-order valence-corrected chi connectivity index (χ3v) is 6.17. The van der Waals surface area contributed by atoms with Crippen LogP contribution in [0.5, 0.6) is 0 Å². The first-order valence-corrected chi connectivity index (χ1v) is 9.56. The Kier molecular flexibility index (Phi) is 4.13. The summed E-state index contributed by atoms with van der Waals surface area (Å²) in [6.45, 7) is 1.65. The largest absolute Gasteiger partial charge is 0.366 e. The van der Waals surface area contributed by atoms with Crippen molar-refractivity contribution >= 4 is 16.8 Å². The summed E-state index contributed by atoms with van der Waals surface area (Å²) in [7, 11) is 0. The lowest BCUT2D eigenvalue weighted by molar-refractivity contribution is 0.0999. The normalized spacial score (nSPS) is 25.8. The van der Waals surface area contributed by atoms with E-state index in [2.05, 4.69) is 0 Å². The Hall–Kier alpha value is -2.17. The van der Waals surface area contributed by atoms with Gasteiger partial charge in [-0.15, -0.1) is 0 Å². The van der Waals surface area contributed by atoms with Crippen molar-refractivity contribution < 1.29 is 9.18 Å². The number of carbonyl (C=O) groups is 1. The SMILES string of the molecule is CC1(F)CCC(n2c(=O)c3c(c4cc(C(N)=O)ccc42)CCCC3)CC1. The number of halogens is 1. The van der Waals surface area contributed by atoms with Gasteiger partial charge in [0, 0.05) is 22.6 Å². The first kappa shape index (κ1) is 17.3. The van der Waals surface area contributed by atoms with Crippen molar-refractivity contribution in [1.82, 2.24) is 4.57 Å². The highest BCUT2D eigenvalue weighted by molar-refractivity contribution is 5.98. The van der Waals surface area contributed by atoms with E-state index in [0.29, 0.717) is 31.2 Å². The first-order chi connectivity index (χ1) is 12.4. The number of carbonyl (C=O) groups excluding carboxylic acids is 1. The maximum atomic E-state index is 14.3. The molecule has 0 saturated heterocycles. The molecule has 0 radical (unpaired) electrons. The summed E-state index contributed by atoms with van der Waals surface area (Å²) in [6.07, 6.45) is 5.98. The lowest BCUT2D eigenvalue weighted by atomic mass is 9.83. The van der Waals surface area contributed by atoms with Gasteiger partial charge in [0.2, 0.25) is 5.91 Å². The number of pyridine rings is 1. The van der Waals surface area contributed by atoms with Crippen LogP contribution in [0.4, 0.5) is 4.39 Å². The van der Waals surface area contributed by atoms with Gasteiger partial charge in [-0.25, -0.2) is 4.39 Å². The van der Waals surface area contributed by atoms with Gasteiger partial charge in [0.25, 0.3) is 5.56 Å². The summed E-state index contributed by atoms with van der Waals surface area (Å²) >= 11 is 0. The van der Waals surface area contributed by atoms with Crippen LogP contribution in [0.1, 0.15) is 73.0 Å². The van der Waals surface area contributed by atoms with Crippen LogP contribution in [-0.4, -0.2) is 16.1 Å². The molecule has 2 aliphatic rings. The van der Waals surface area contributed by atoms with Crippen LogP contribution < -0.4 is 11.3 Å². The molecule has 2 N–H and O–H groups in total. The minimum atomic E-state index is -1.14. The monoisotopic (exact) mass is 356 g/mol. The van der Waals surface area contributed by atoms with E-state index in [4.69, 9.17) is 5.73 Å². The van der Waals surface area contributed by atoms with E-state index >= 15 is 0 Å². The smallest absolute Gasteiger partial charge is 0.254 e. The zero-order chi connectivity index (χ0) is 18.5. The Bertz CT molecular complexity index is 935. The number of primary amides is 1. The van der Waals surface area contributed by atoms with E-state index in [1.807, 2.05) is 16.7 Å². The van der Waals surface area contributed by atoms with Crippen LogP contribution in [0, 0.1) is 0 Å². The molecule has 1 aromatic heterocycles. The van der Waals surface area contributed by atoms with Crippen LogP contribution in [-0.2, 0) is 12.8 Å². The Morgan fingerprint density at radius 1 is 1.19 bits per heavy atom. The number of nitrogens with two attached hydrogens (primary N) is 1. The molecule has 0 unspecified atom stereocenters. The van der Waals surface area contributed by atoms with Crippen LogP contribution in [0.3, 0.4) is 0 Å². The van der Waals surface area contributed by atoms with Gasteiger partial charge in [-0.2, -0.15) is 0 Å². The number of hydrogen-bond acceptors (Lipinski definition) is 2. The summed E-state index contributed by atoms with van der Waals surface area (Å²) in [5, 5.41) is 0.962. The second kappa shape index (κ2) is 6.22. The highest BCUT2D eigenvalue weighted by atomic mass is 19.1. The lowest BCUT2D eigenvalue weighted by Gasteiger charge is -2.34. The number of nitrogens with zero attached hydrogens (tertiary/aromatic N) is 1. The predicted molar refractivity (Wildman–Crippen MR) is 100 cm³/mol. The number of fused-ring (bicyclic) bond motifs is 3. The topological polar surface area (TPSA) is 65.1 Å². The summed E-state index contributed by atoms with van der Waals surface area (Å²) in [5.41, 5.74) is 7.68. The highest BCUT2D eigenvalue weighted by Crippen LogP contribution is 2.38. The molecule has 138 valence electrons. The number of aryl methyl sites for hydroxylation is 1.